The van der Waals surface area contributed by atoms with Crippen molar-refractivity contribution in [1.82, 2.24) is 9.55 Å². The summed E-state index contributed by atoms with van der Waals surface area (Å²) in [6, 6.07) is 6.83. The molecule has 0 fully saturated rings. The van der Waals surface area contributed by atoms with Gasteiger partial charge in [0.05, 0.1) is 5.69 Å². The van der Waals surface area contributed by atoms with Crippen molar-refractivity contribution in [3.8, 4) is 0 Å². The summed E-state index contributed by atoms with van der Waals surface area (Å²) in [5.41, 5.74) is 9.13. The van der Waals surface area contributed by atoms with Crippen LogP contribution in [0.15, 0.2) is 24.3 Å². The lowest BCUT2D eigenvalue weighted by Gasteiger charge is -2.27. The Kier molecular flexibility index (Phi) is 5.16. The number of nitrogens with zero attached hydrogens (tertiary/aromatic N) is 2. The second-order valence-corrected chi connectivity index (χ2v) is 7.47. The number of halogens is 1. The number of carboxylic acids is 1. The van der Waals surface area contributed by atoms with Gasteiger partial charge in [-0.2, -0.15) is 0 Å². The summed E-state index contributed by atoms with van der Waals surface area (Å²) in [4.78, 5) is 16.3. The number of aryl methyl sites for hydroxylation is 1. The summed E-state index contributed by atoms with van der Waals surface area (Å²) >= 11 is 5.99. The minimum atomic E-state index is -0.955. The molecule has 2 unspecified atom stereocenters. The van der Waals surface area contributed by atoms with Crippen LogP contribution < -0.4 is 5.73 Å². The van der Waals surface area contributed by atoms with Crippen molar-refractivity contribution in [1.29, 1.82) is 0 Å². The van der Waals surface area contributed by atoms with Crippen LogP contribution in [0.25, 0.3) is 0 Å². The molecule has 134 valence electrons. The molecule has 1 aliphatic carbocycles. The monoisotopic (exact) mass is 361 g/mol. The number of aliphatic carboxylic acids is 1. The number of carboxylic acid groups (broad SMARTS) is 1. The molecule has 2 atom stereocenters. The Morgan fingerprint density at radius 2 is 2.08 bits per heavy atom. The lowest BCUT2D eigenvalue weighted by atomic mass is 9.84. The quantitative estimate of drug-likeness (QED) is 0.853. The number of hydrogen-bond acceptors (Lipinski definition) is 3. The van der Waals surface area contributed by atoms with Crippen molar-refractivity contribution in [2.75, 3.05) is 0 Å². The first-order valence-electron chi connectivity index (χ1n) is 8.70. The van der Waals surface area contributed by atoms with Crippen molar-refractivity contribution in [2.24, 2.45) is 5.73 Å². The Morgan fingerprint density at radius 3 is 2.68 bits per heavy atom. The first-order chi connectivity index (χ1) is 11.9. The van der Waals surface area contributed by atoms with Crippen molar-refractivity contribution in [3.05, 3.63) is 52.1 Å². The van der Waals surface area contributed by atoms with Crippen LogP contribution in [-0.2, 0) is 17.8 Å². The molecule has 0 bridgehead atoms. The lowest BCUT2D eigenvalue weighted by Crippen LogP contribution is -2.39. The molecule has 0 saturated heterocycles. The number of fused-ring (bicyclic) bond motifs is 1. The number of carbonyl (C=O) groups is 1. The molecule has 3 rings (SSSR count). The molecule has 0 saturated carbocycles. The zero-order chi connectivity index (χ0) is 18.1. The Bertz CT molecular complexity index is 768. The van der Waals surface area contributed by atoms with E-state index in [0.717, 1.165) is 42.0 Å². The van der Waals surface area contributed by atoms with E-state index in [2.05, 4.69) is 18.4 Å². The number of imidazole rings is 1. The molecule has 0 aliphatic heterocycles. The molecule has 0 spiro atoms. The topological polar surface area (TPSA) is 81.1 Å². The second kappa shape index (κ2) is 7.18. The van der Waals surface area contributed by atoms with Crippen LogP contribution in [-0.4, -0.2) is 26.7 Å². The van der Waals surface area contributed by atoms with E-state index >= 15 is 0 Å². The summed E-state index contributed by atoms with van der Waals surface area (Å²) in [5.74, 6) is 0.0841. The van der Waals surface area contributed by atoms with Gasteiger partial charge in [-0.25, -0.2) is 4.98 Å². The Hall–Kier alpha value is -1.85. The fourth-order valence-electron chi connectivity index (χ4n) is 3.66. The number of rotatable bonds is 5. The molecule has 25 heavy (non-hydrogen) atoms. The lowest BCUT2D eigenvalue weighted by molar-refractivity contribution is -0.139. The van der Waals surface area contributed by atoms with Crippen LogP contribution in [0, 0.1) is 0 Å². The van der Waals surface area contributed by atoms with Gasteiger partial charge in [-0.05, 0) is 37.0 Å². The number of hydrogen-bond donors (Lipinski definition) is 2. The highest BCUT2D eigenvalue weighted by Gasteiger charge is 2.35. The largest absolute Gasteiger partial charge is 0.480 e. The van der Waals surface area contributed by atoms with Gasteiger partial charge in [-0.1, -0.05) is 37.6 Å². The van der Waals surface area contributed by atoms with Crippen LogP contribution in [0.4, 0.5) is 0 Å². The summed E-state index contributed by atoms with van der Waals surface area (Å²) in [6.45, 7) is 4.87. The van der Waals surface area contributed by atoms with E-state index in [1.165, 1.54) is 0 Å². The minimum Gasteiger partial charge on any atom is -0.480 e. The van der Waals surface area contributed by atoms with E-state index in [-0.39, 0.29) is 11.8 Å². The average molecular weight is 362 g/mol. The zero-order valence-corrected chi connectivity index (χ0v) is 15.3. The van der Waals surface area contributed by atoms with E-state index in [9.17, 15) is 9.90 Å². The van der Waals surface area contributed by atoms with Gasteiger partial charge in [0.2, 0.25) is 0 Å². The summed E-state index contributed by atoms with van der Waals surface area (Å²) < 4.78 is 2.18. The van der Waals surface area contributed by atoms with E-state index in [1.807, 2.05) is 24.3 Å². The van der Waals surface area contributed by atoms with Crippen LogP contribution in [0.1, 0.15) is 61.3 Å². The van der Waals surface area contributed by atoms with Gasteiger partial charge in [0, 0.05) is 29.1 Å². The Balaban J connectivity index is 2.07. The molecular weight excluding hydrogens is 338 g/mol. The smallest absolute Gasteiger partial charge is 0.321 e. The van der Waals surface area contributed by atoms with Gasteiger partial charge in [0.15, 0.2) is 0 Å². The maximum atomic E-state index is 11.5. The van der Waals surface area contributed by atoms with Crippen molar-refractivity contribution < 1.29 is 9.90 Å². The fraction of sp³-hybridized carbons (Fsp3) is 0.474. The summed E-state index contributed by atoms with van der Waals surface area (Å²) in [5, 5.41) is 10.1. The van der Waals surface area contributed by atoms with Crippen LogP contribution in [0.3, 0.4) is 0 Å². The predicted octanol–water partition coefficient (Wildman–Crippen LogP) is 3.54. The normalized spacial score (nSPS) is 18.2. The maximum absolute atomic E-state index is 11.5. The van der Waals surface area contributed by atoms with Gasteiger partial charge in [-0.15, -0.1) is 0 Å². The van der Waals surface area contributed by atoms with Gasteiger partial charge in [0.1, 0.15) is 11.9 Å². The summed E-state index contributed by atoms with van der Waals surface area (Å²) in [6.07, 6.45) is 2.59. The molecule has 0 radical (unpaired) electrons. The van der Waals surface area contributed by atoms with Gasteiger partial charge in [-0.3, -0.25) is 4.79 Å². The zero-order valence-electron chi connectivity index (χ0n) is 14.6. The van der Waals surface area contributed by atoms with Crippen LogP contribution in [0.2, 0.25) is 5.02 Å². The SMILES string of the molecule is CC(C)c1nc2c(n1Cc1ccc(Cl)cc1)C(C(N)C(=O)O)CCC2. The third-order valence-corrected chi connectivity index (χ3v) is 5.13. The highest BCUT2D eigenvalue weighted by Crippen LogP contribution is 2.36. The highest BCUT2D eigenvalue weighted by atomic mass is 35.5. The van der Waals surface area contributed by atoms with E-state index < -0.39 is 12.0 Å². The first-order valence-corrected chi connectivity index (χ1v) is 9.08. The molecule has 0 amide bonds. The van der Waals surface area contributed by atoms with Crippen molar-refractivity contribution >= 4 is 17.6 Å². The Labute approximate surface area is 152 Å². The van der Waals surface area contributed by atoms with E-state index in [0.29, 0.717) is 11.6 Å². The van der Waals surface area contributed by atoms with Crippen molar-refractivity contribution in [2.45, 2.75) is 57.5 Å². The molecule has 1 heterocycles. The number of aromatic nitrogens is 2. The minimum absolute atomic E-state index is 0.200. The maximum Gasteiger partial charge on any atom is 0.321 e. The second-order valence-electron chi connectivity index (χ2n) is 7.03. The molecule has 1 aromatic heterocycles. The molecule has 1 aromatic carbocycles. The number of nitrogens with two attached hydrogens (primary N) is 1. The highest BCUT2D eigenvalue weighted by molar-refractivity contribution is 6.30. The number of benzene rings is 1. The molecule has 2 aromatic rings. The van der Waals surface area contributed by atoms with Crippen LogP contribution >= 0.6 is 11.6 Å². The standard InChI is InChI=1S/C19H24ClN3O2/c1-11(2)18-22-15-5-3-4-14(16(21)19(24)25)17(15)23(18)10-12-6-8-13(20)9-7-12/h6-9,11,14,16H,3-5,10,21H2,1-2H3,(H,24,25). The van der Waals surface area contributed by atoms with Gasteiger partial charge < -0.3 is 15.4 Å². The Morgan fingerprint density at radius 1 is 1.40 bits per heavy atom. The first kappa shape index (κ1) is 18.0. The molecule has 6 heteroatoms. The van der Waals surface area contributed by atoms with Crippen molar-refractivity contribution in [3.63, 3.8) is 0 Å². The molecular formula is C19H24ClN3O2. The van der Waals surface area contributed by atoms with Gasteiger partial charge in [0.25, 0.3) is 0 Å². The van der Waals surface area contributed by atoms with E-state index in [1.54, 1.807) is 0 Å². The van der Waals surface area contributed by atoms with Gasteiger partial charge >= 0.3 is 5.97 Å². The fourth-order valence-corrected chi connectivity index (χ4v) is 3.79. The molecule has 1 aliphatic rings. The third-order valence-electron chi connectivity index (χ3n) is 4.88. The molecule has 3 N–H and O–H groups in total. The van der Waals surface area contributed by atoms with E-state index in [4.69, 9.17) is 22.3 Å². The predicted molar refractivity (Wildman–Crippen MR) is 98.2 cm³/mol. The average Bonchev–Trinajstić information content (AvgIpc) is 2.95. The van der Waals surface area contributed by atoms with Crippen LogP contribution in [0.5, 0.6) is 0 Å². The summed E-state index contributed by atoms with van der Waals surface area (Å²) in [7, 11) is 0. The molecule has 5 nitrogen and oxygen atoms in total. The third kappa shape index (κ3) is 3.58.